The summed E-state index contributed by atoms with van der Waals surface area (Å²) in [4.78, 5) is 11.9. The van der Waals surface area contributed by atoms with Crippen LogP contribution in [0.25, 0.3) is 0 Å². The number of rotatable bonds is 3. The Hall–Kier alpha value is -1.55. The Balaban J connectivity index is 1.86. The molecule has 0 aliphatic heterocycles. The van der Waals surface area contributed by atoms with Crippen molar-refractivity contribution in [3.63, 3.8) is 0 Å². The molecule has 4 heteroatoms. The van der Waals surface area contributed by atoms with Crippen LogP contribution in [0, 0.1) is 5.92 Å². The first kappa shape index (κ1) is 13.9. The molecule has 0 saturated heterocycles. The molecule has 4 N–H and O–H groups in total. The Bertz CT molecular complexity index is 416. The number of benzene rings is 1. The smallest absolute Gasteiger partial charge is 0.319 e. The van der Waals surface area contributed by atoms with Gasteiger partial charge in [-0.05, 0) is 36.5 Å². The van der Waals surface area contributed by atoms with E-state index in [9.17, 15) is 4.79 Å². The van der Waals surface area contributed by atoms with Crippen molar-refractivity contribution in [1.29, 1.82) is 0 Å². The molecule has 1 aliphatic rings. The van der Waals surface area contributed by atoms with Gasteiger partial charge >= 0.3 is 6.03 Å². The third-order valence-corrected chi connectivity index (χ3v) is 3.88. The maximum atomic E-state index is 11.9. The topological polar surface area (TPSA) is 67.2 Å². The second-order valence-electron chi connectivity index (χ2n) is 5.37. The van der Waals surface area contributed by atoms with E-state index >= 15 is 0 Å². The van der Waals surface area contributed by atoms with Crippen LogP contribution < -0.4 is 16.4 Å². The number of nitrogens with one attached hydrogen (secondary N) is 2. The number of amides is 2. The Labute approximate surface area is 114 Å². The van der Waals surface area contributed by atoms with E-state index in [0.717, 1.165) is 17.7 Å². The molecule has 104 valence electrons. The van der Waals surface area contributed by atoms with Crippen LogP contribution in [0.5, 0.6) is 0 Å². The molecule has 1 saturated carbocycles. The van der Waals surface area contributed by atoms with E-state index in [1.807, 2.05) is 24.3 Å². The zero-order valence-electron chi connectivity index (χ0n) is 11.5. The van der Waals surface area contributed by atoms with Gasteiger partial charge in [0.15, 0.2) is 0 Å². The summed E-state index contributed by atoms with van der Waals surface area (Å²) in [5.74, 6) is 0.569. The zero-order valence-corrected chi connectivity index (χ0v) is 11.5. The van der Waals surface area contributed by atoms with E-state index in [2.05, 4.69) is 17.6 Å². The van der Waals surface area contributed by atoms with Crippen LogP contribution in [-0.2, 0) is 6.54 Å². The molecule has 0 bridgehead atoms. The van der Waals surface area contributed by atoms with Crippen LogP contribution in [0.2, 0.25) is 0 Å². The molecule has 0 spiro atoms. The standard InChI is InChI=1S/C15H23N3O/c1-11-4-2-3-5-14(11)18-15(19)17-13-8-6-12(10-16)7-9-13/h6-9,11,14H,2-5,10,16H2,1H3,(H2,17,18,19). The van der Waals surface area contributed by atoms with Crippen molar-refractivity contribution >= 4 is 11.7 Å². The highest BCUT2D eigenvalue weighted by molar-refractivity contribution is 5.89. The van der Waals surface area contributed by atoms with E-state index in [1.54, 1.807) is 0 Å². The lowest BCUT2D eigenvalue weighted by molar-refractivity contribution is 0.232. The summed E-state index contributed by atoms with van der Waals surface area (Å²) in [6, 6.07) is 7.81. The third kappa shape index (κ3) is 3.96. The summed E-state index contributed by atoms with van der Waals surface area (Å²) in [5.41, 5.74) is 7.41. The minimum Gasteiger partial charge on any atom is -0.335 e. The monoisotopic (exact) mass is 261 g/mol. The maximum Gasteiger partial charge on any atom is 0.319 e. The first-order chi connectivity index (χ1) is 9.19. The fourth-order valence-electron chi connectivity index (χ4n) is 2.59. The van der Waals surface area contributed by atoms with E-state index < -0.39 is 0 Å². The number of urea groups is 1. The van der Waals surface area contributed by atoms with Gasteiger partial charge in [0.2, 0.25) is 0 Å². The zero-order chi connectivity index (χ0) is 13.7. The molecule has 1 aromatic carbocycles. The molecule has 0 heterocycles. The van der Waals surface area contributed by atoms with Gasteiger partial charge in [-0.15, -0.1) is 0 Å². The highest BCUT2D eigenvalue weighted by atomic mass is 16.2. The fourth-order valence-corrected chi connectivity index (χ4v) is 2.59. The van der Waals surface area contributed by atoms with Gasteiger partial charge in [-0.2, -0.15) is 0 Å². The van der Waals surface area contributed by atoms with Gasteiger partial charge in [0.05, 0.1) is 0 Å². The highest BCUT2D eigenvalue weighted by Gasteiger charge is 2.22. The lowest BCUT2D eigenvalue weighted by Crippen LogP contribution is -2.43. The molecule has 0 aromatic heterocycles. The van der Waals surface area contributed by atoms with Crippen molar-refractivity contribution in [2.45, 2.75) is 45.2 Å². The van der Waals surface area contributed by atoms with Crippen LogP contribution >= 0.6 is 0 Å². The summed E-state index contributed by atoms with van der Waals surface area (Å²) in [6.07, 6.45) is 4.78. The average Bonchev–Trinajstić information content (AvgIpc) is 2.42. The van der Waals surface area contributed by atoms with E-state index in [-0.39, 0.29) is 6.03 Å². The molecular formula is C15H23N3O. The van der Waals surface area contributed by atoms with Gasteiger partial charge in [-0.25, -0.2) is 4.79 Å². The number of carbonyl (C=O) groups excluding carboxylic acids is 1. The second kappa shape index (κ2) is 6.57. The molecule has 19 heavy (non-hydrogen) atoms. The number of hydrogen-bond donors (Lipinski definition) is 3. The molecule has 0 radical (unpaired) electrons. The SMILES string of the molecule is CC1CCCCC1NC(=O)Nc1ccc(CN)cc1. The summed E-state index contributed by atoms with van der Waals surface area (Å²) in [6.45, 7) is 2.73. The lowest BCUT2D eigenvalue weighted by atomic mass is 9.86. The minimum absolute atomic E-state index is 0.112. The first-order valence-corrected chi connectivity index (χ1v) is 7.05. The van der Waals surface area contributed by atoms with Gasteiger partial charge in [-0.1, -0.05) is 31.9 Å². The van der Waals surface area contributed by atoms with Crippen molar-refractivity contribution in [2.24, 2.45) is 11.7 Å². The largest absolute Gasteiger partial charge is 0.335 e. The molecule has 2 amide bonds. The third-order valence-electron chi connectivity index (χ3n) is 3.88. The summed E-state index contributed by atoms with van der Waals surface area (Å²) in [5, 5.41) is 5.94. The molecule has 1 aromatic rings. The van der Waals surface area contributed by atoms with Crippen molar-refractivity contribution < 1.29 is 4.79 Å². The summed E-state index contributed by atoms with van der Waals surface area (Å²) >= 11 is 0. The van der Waals surface area contributed by atoms with E-state index in [4.69, 9.17) is 5.73 Å². The molecule has 2 rings (SSSR count). The molecule has 2 atom stereocenters. The first-order valence-electron chi connectivity index (χ1n) is 7.05. The van der Waals surface area contributed by atoms with Gasteiger partial charge in [0.25, 0.3) is 0 Å². The lowest BCUT2D eigenvalue weighted by Gasteiger charge is -2.29. The van der Waals surface area contributed by atoms with Crippen molar-refractivity contribution in [3.05, 3.63) is 29.8 Å². The molecule has 2 unspecified atom stereocenters. The Kier molecular flexibility index (Phi) is 4.80. The Morgan fingerprint density at radius 3 is 2.58 bits per heavy atom. The fraction of sp³-hybridized carbons (Fsp3) is 0.533. The van der Waals surface area contributed by atoms with Crippen molar-refractivity contribution in [1.82, 2.24) is 5.32 Å². The normalized spacial score (nSPS) is 22.8. The predicted molar refractivity (Wildman–Crippen MR) is 77.9 cm³/mol. The van der Waals surface area contributed by atoms with Crippen LogP contribution in [0.15, 0.2) is 24.3 Å². The predicted octanol–water partition coefficient (Wildman–Crippen LogP) is 2.85. The van der Waals surface area contributed by atoms with Crippen LogP contribution in [-0.4, -0.2) is 12.1 Å². The van der Waals surface area contributed by atoms with Gasteiger partial charge in [0.1, 0.15) is 0 Å². The molecule has 1 fully saturated rings. The van der Waals surface area contributed by atoms with Gasteiger partial charge in [0, 0.05) is 18.3 Å². The Morgan fingerprint density at radius 1 is 1.26 bits per heavy atom. The van der Waals surface area contributed by atoms with Gasteiger partial charge < -0.3 is 16.4 Å². The summed E-state index contributed by atoms with van der Waals surface area (Å²) in [7, 11) is 0. The van der Waals surface area contributed by atoms with Gasteiger partial charge in [-0.3, -0.25) is 0 Å². The van der Waals surface area contributed by atoms with Crippen molar-refractivity contribution in [2.75, 3.05) is 5.32 Å². The average molecular weight is 261 g/mol. The molecule has 1 aliphatic carbocycles. The molecular weight excluding hydrogens is 238 g/mol. The maximum absolute atomic E-state index is 11.9. The number of hydrogen-bond acceptors (Lipinski definition) is 2. The Morgan fingerprint density at radius 2 is 1.95 bits per heavy atom. The minimum atomic E-state index is -0.112. The summed E-state index contributed by atoms with van der Waals surface area (Å²) < 4.78 is 0. The van der Waals surface area contributed by atoms with Crippen LogP contribution in [0.1, 0.15) is 38.2 Å². The van der Waals surface area contributed by atoms with Crippen LogP contribution in [0.3, 0.4) is 0 Å². The number of nitrogens with two attached hydrogens (primary N) is 1. The second-order valence-corrected chi connectivity index (χ2v) is 5.37. The van der Waals surface area contributed by atoms with Crippen molar-refractivity contribution in [3.8, 4) is 0 Å². The highest BCUT2D eigenvalue weighted by Crippen LogP contribution is 2.23. The quantitative estimate of drug-likeness (QED) is 0.783. The number of carbonyl (C=O) groups is 1. The number of anilines is 1. The van der Waals surface area contributed by atoms with E-state index in [0.29, 0.717) is 18.5 Å². The van der Waals surface area contributed by atoms with E-state index in [1.165, 1.54) is 19.3 Å². The molecule has 4 nitrogen and oxygen atoms in total. The van der Waals surface area contributed by atoms with Crippen LogP contribution in [0.4, 0.5) is 10.5 Å².